The van der Waals surface area contributed by atoms with Crippen LogP contribution in [0.2, 0.25) is 0 Å². The van der Waals surface area contributed by atoms with E-state index in [9.17, 15) is 4.79 Å². The van der Waals surface area contributed by atoms with Crippen LogP contribution < -0.4 is 10.2 Å². The fourth-order valence-electron chi connectivity index (χ4n) is 1.75. The molecule has 1 aromatic carbocycles. The number of nitrogens with zero attached hydrogens (tertiary/aromatic N) is 3. The van der Waals surface area contributed by atoms with Crippen LogP contribution in [0.25, 0.3) is 0 Å². The molecule has 0 atom stereocenters. The molecule has 1 amide bonds. The maximum Gasteiger partial charge on any atom is 0.225 e. The average Bonchev–Trinajstić information content (AvgIpc) is 2.45. The topological polar surface area (TPSA) is 58.1 Å². The first-order valence-electron chi connectivity index (χ1n) is 6.02. The van der Waals surface area contributed by atoms with Gasteiger partial charge in [0.15, 0.2) is 0 Å². The SMILES string of the molecule is CNc1cc(N(Cc2ccccc2)C(C)=O)ncn1. The molecule has 0 aliphatic carbocycles. The van der Waals surface area contributed by atoms with Crippen LogP contribution in [0.15, 0.2) is 42.7 Å². The lowest BCUT2D eigenvalue weighted by molar-refractivity contribution is -0.116. The van der Waals surface area contributed by atoms with Gasteiger partial charge in [0.2, 0.25) is 5.91 Å². The zero-order valence-electron chi connectivity index (χ0n) is 11.0. The second-order valence-corrected chi connectivity index (χ2v) is 4.10. The molecular weight excluding hydrogens is 240 g/mol. The van der Waals surface area contributed by atoms with E-state index in [4.69, 9.17) is 0 Å². The predicted octanol–water partition coefficient (Wildman–Crippen LogP) is 2.07. The standard InChI is InChI=1S/C14H16N4O/c1-11(19)18(9-12-6-4-3-5-7-12)14-8-13(15-2)16-10-17-14/h3-8,10H,9H2,1-2H3,(H,15,16,17). The summed E-state index contributed by atoms with van der Waals surface area (Å²) in [5.74, 6) is 1.23. The molecule has 0 saturated carbocycles. The van der Waals surface area contributed by atoms with E-state index in [1.54, 1.807) is 18.0 Å². The van der Waals surface area contributed by atoms with Crippen molar-refractivity contribution in [2.75, 3.05) is 17.3 Å². The van der Waals surface area contributed by atoms with Crippen LogP contribution in [0.4, 0.5) is 11.6 Å². The van der Waals surface area contributed by atoms with Gasteiger partial charge in [-0.15, -0.1) is 0 Å². The molecule has 0 bridgehead atoms. The summed E-state index contributed by atoms with van der Waals surface area (Å²) in [6.45, 7) is 2.03. The van der Waals surface area contributed by atoms with Gasteiger partial charge in [0, 0.05) is 20.0 Å². The average molecular weight is 256 g/mol. The number of aromatic nitrogens is 2. The molecule has 19 heavy (non-hydrogen) atoms. The van der Waals surface area contributed by atoms with E-state index >= 15 is 0 Å². The highest BCUT2D eigenvalue weighted by Gasteiger charge is 2.14. The van der Waals surface area contributed by atoms with Gasteiger partial charge in [-0.3, -0.25) is 9.69 Å². The Morgan fingerprint density at radius 1 is 1.26 bits per heavy atom. The van der Waals surface area contributed by atoms with E-state index in [0.29, 0.717) is 18.2 Å². The summed E-state index contributed by atoms with van der Waals surface area (Å²) in [6, 6.07) is 11.6. The molecule has 1 heterocycles. The van der Waals surface area contributed by atoms with Crippen molar-refractivity contribution in [1.29, 1.82) is 0 Å². The molecule has 0 aliphatic rings. The van der Waals surface area contributed by atoms with Gasteiger partial charge in [-0.2, -0.15) is 0 Å². The van der Waals surface area contributed by atoms with Gasteiger partial charge in [0.25, 0.3) is 0 Å². The van der Waals surface area contributed by atoms with Crippen molar-refractivity contribution >= 4 is 17.5 Å². The summed E-state index contributed by atoms with van der Waals surface area (Å²) in [7, 11) is 1.78. The number of amides is 1. The minimum atomic E-state index is -0.0513. The number of nitrogens with one attached hydrogen (secondary N) is 1. The van der Waals surface area contributed by atoms with Gasteiger partial charge in [0.05, 0.1) is 6.54 Å². The number of anilines is 2. The van der Waals surface area contributed by atoms with Crippen LogP contribution in [0, 0.1) is 0 Å². The second-order valence-electron chi connectivity index (χ2n) is 4.10. The Hall–Kier alpha value is -2.43. The molecule has 0 radical (unpaired) electrons. The van der Waals surface area contributed by atoms with Crippen molar-refractivity contribution in [2.45, 2.75) is 13.5 Å². The quantitative estimate of drug-likeness (QED) is 0.909. The maximum absolute atomic E-state index is 11.8. The zero-order chi connectivity index (χ0) is 13.7. The molecule has 98 valence electrons. The molecule has 1 N–H and O–H groups in total. The molecule has 0 aliphatic heterocycles. The van der Waals surface area contributed by atoms with Crippen molar-refractivity contribution in [2.24, 2.45) is 0 Å². The number of carbonyl (C=O) groups is 1. The van der Waals surface area contributed by atoms with Gasteiger partial charge >= 0.3 is 0 Å². The van der Waals surface area contributed by atoms with Crippen molar-refractivity contribution in [3.05, 3.63) is 48.3 Å². The number of benzene rings is 1. The predicted molar refractivity (Wildman–Crippen MR) is 74.9 cm³/mol. The summed E-state index contributed by atoms with van der Waals surface area (Å²) in [5, 5.41) is 2.94. The molecule has 1 aromatic heterocycles. The third-order valence-corrected chi connectivity index (χ3v) is 2.75. The van der Waals surface area contributed by atoms with Crippen molar-refractivity contribution in [1.82, 2.24) is 9.97 Å². The molecule has 5 nitrogen and oxygen atoms in total. The second kappa shape index (κ2) is 5.95. The molecule has 2 rings (SSSR count). The van der Waals surface area contributed by atoms with Crippen molar-refractivity contribution in [3.8, 4) is 0 Å². The Labute approximate surface area is 112 Å². The molecule has 2 aromatic rings. The first-order chi connectivity index (χ1) is 9.20. The zero-order valence-corrected chi connectivity index (χ0v) is 11.0. The van der Waals surface area contributed by atoms with Crippen molar-refractivity contribution < 1.29 is 4.79 Å². The first kappa shape index (κ1) is 13.0. The number of hydrogen-bond acceptors (Lipinski definition) is 4. The van der Waals surface area contributed by atoms with Crippen LogP contribution in [0.1, 0.15) is 12.5 Å². The van der Waals surface area contributed by atoms with E-state index in [1.165, 1.54) is 13.3 Å². The summed E-state index contributed by atoms with van der Waals surface area (Å²) in [6.07, 6.45) is 1.45. The normalized spacial score (nSPS) is 10.0. The fourth-order valence-corrected chi connectivity index (χ4v) is 1.75. The van der Waals surface area contributed by atoms with E-state index in [1.807, 2.05) is 30.3 Å². The largest absolute Gasteiger partial charge is 0.373 e. The number of carbonyl (C=O) groups excluding carboxylic acids is 1. The highest BCUT2D eigenvalue weighted by Crippen LogP contribution is 2.17. The third kappa shape index (κ3) is 3.28. The van der Waals surface area contributed by atoms with Crippen molar-refractivity contribution in [3.63, 3.8) is 0 Å². The number of hydrogen-bond donors (Lipinski definition) is 1. The van der Waals surface area contributed by atoms with Gasteiger partial charge in [-0.25, -0.2) is 9.97 Å². The summed E-state index contributed by atoms with van der Waals surface area (Å²) in [5.41, 5.74) is 1.06. The highest BCUT2D eigenvalue weighted by molar-refractivity contribution is 5.90. The molecule has 0 spiro atoms. The minimum absolute atomic E-state index is 0.0513. The van der Waals surface area contributed by atoms with Crippen LogP contribution in [-0.2, 0) is 11.3 Å². The molecular formula is C14H16N4O. The lowest BCUT2D eigenvalue weighted by atomic mass is 10.2. The summed E-state index contributed by atoms with van der Waals surface area (Å²) >= 11 is 0. The Balaban J connectivity index is 2.27. The van der Waals surface area contributed by atoms with Gasteiger partial charge in [-0.05, 0) is 5.56 Å². The lowest BCUT2D eigenvalue weighted by Crippen LogP contribution is -2.28. The fraction of sp³-hybridized carbons (Fsp3) is 0.214. The van der Waals surface area contributed by atoms with Crippen LogP contribution >= 0.6 is 0 Å². The molecule has 0 unspecified atom stereocenters. The maximum atomic E-state index is 11.8. The van der Waals surface area contributed by atoms with E-state index in [2.05, 4.69) is 15.3 Å². The Morgan fingerprint density at radius 2 is 2.00 bits per heavy atom. The third-order valence-electron chi connectivity index (χ3n) is 2.75. The Kier molecular flexibility index (Phi) is 4.07. The monoisotopic (exact) mass is 256 g/mol. The van der Waals surface area contributed by atoms with Gasteiger partial charge in [0.1, 0.15) is 18.0 Å². The molecule has 5 heteroatoms. The van der Waals surface area contributed by atoms with E-state index < -0.39 is 0 Å². The molecule has 0 fully saturated rings. The van der Waals surface area contributed by atoms with Gasteiger partial charge < -0.3 is 5.32 Å². The van der Waals surface area contributed by atoms with E-state index in [0.717, 1.165) is 5.56 Å². The Bertz CT molecular complexity index is 556. The van der Waals surface area contributed by atoms with Crippen LogP contribution in [0.3, 0.4) is 0 Å². The first-order valence-corrected chi connectivity index (χ1v) is 6.02. The summed E-state index contributed by atoms with van der Waals surface area (Å²) < 4.78 is 0. The van der Waals surface area contributed by atoms with Crippen LogP contribution in [0.5, 0.6) is 0 Å². The highest BCUT2D eigenvalue weighted by atomic mass is 16.2. The number of rotatable bonds is 4. The lowest BCUT2D eigenvalue weighted by Gasteiger charge is -2.20. The van der Waals surface area contributed by atoms with E-state index in [-0.39, 0.29) is 5.91 Å². The minimum Gasteiger partial charge on any atom is -0.373 e. The Morgan fingerprint density at radius 3 is 2.63 bits per heavy atom. The summed E-state index contributed by atoms with van der Waals surface area (Å²) in [4.78, 5) is 21.6. The van der Waals surface area contributed by atoms with Gasteiger partial charge in [-0.1, -0.05) is 30.3 Å². The molecule has 0 saturated heterocycles. The van der Waals surface area contributed by atoms with Crippen LogP contribution in [-0.4, -0.2) is 22.9 Å². The smallest absolute Gasteiger partial charge is 0.225 e.